The highest BCUT2D eigenvalue weighted by Gasteiger charge is 2.24. The van der Waals surface area contributed by atoms with Crippen molar-refractivity contribution in [1.82, 2.24) is 29.7 Å². The molecule has 13 heteroatoms. The van der Waals surface area contributed by atoms with Crippen LogP contribution in [0.2, 0.25) is 0 Å². The Bertz CT molecular complexity index is 1790. The van der Waals surface area contributed by atoms with Crippen LogP contribution in [0, 0.1) is 6.92 Å². The van der Waals surface area contributed by atoms with E-state index in [2.05, 4.69) is 77.8 Å². The van der Waals surface area contributed by atoms with Crippen molar-refractivity contribution in [2.24, 2.45) is 7.05 Å². The van der Waals surface area contributed by atoms with Crippen molar-refractivity contribution in [1.29, 1.82) is 0 Å². The number of nitrogens with zero attached hydrogens (tertiary/aromatic N) is 7. The fraction of sp³-hybridized carbons (Fsp3) is 0.300. The Kier molecular flexibility index (Phi) is 8.43. The molecule has 43 heavy (non-hydrogen) atoms. The molecule has 0 bridgehead atoms. The van der Waals surface area contributed by atoms with Crippen LogP contribution < -0.4 is 25.6 Å². The molecule has 3 aromatic heterocycles. The number of aryl methyl sites for hydroxylation is 1. The van der Waals surface area contributed by atoms with Gasteiger partial charge in [-0.25, -0.2) is 4.98 Å². The van der Waals surface area contributed by atoms with Crippen molar-refractivity contribution in [2.75, 3.05) is 62.3 Å². The van der Waals surface area contributed by atoms with Crippen LogP contribution in [0.25, 0.3) is 22.2 Å². The highest BCUT2D eigenvalue weighted by atomic mass is 79.9. The molecule has 0 radical (unpaired) electrons. The number of ether oxygens (including phenoxy) is 2. The molecule has 1 fully saturated rings. The van der Waals surface area contributed by atoms with Gasteiger partial charge >= 0.3 is 0 Å². The minimum absolute atomic E-state index is 0.428. The molecule has 5 aromatic rings. The molecule has 0 unspecified atom stereocenters. The van der Waals surface area contributed by atoms with Gasteiger partial charge in [0.1, 0.15) is 11.6 Å². The largest absolute Gasteiger partial charge is 0.494 e. The van der Waals surface area contributed by atoms with E-state index in [1.165, 1.54) is 0 Å². The number of nitrogens with one attached hydrogen (secondary N) is 2. The molecule has 0 aliphatic carbocycles. The Morgan fingerprint density at radius 2 is 1.81 bits per heavy atom. The maximum atomic E-state index is 5.98. The van der Waals surface area contributed by atoms with Crippen molar-refractivity contribution in [3.63, 3.8) is 0 Å². The summed E-state index contributed by atoms with van der Waals surface area (Å²) in [5.74, 6) is 1.79. The van der Waals surface area contributed by atoms with Crippen molar-refractivity contribution < 1.29 is 9.47 Å². The Hall–Kier alpha value is -3.86. The number of rotatable bonds is 8. The molecule has 6 rings (SSSR count). The van der Waals surface area contributed by atoms with E-state index in [0.29, 0.717) is 25.0 Å². The molecule has 11 nitrogen and oxygen atoms in total. The quantitative estimate of drug-likeness (QED) is 0.204. The Balaban J connectivity index is 1.40. The topological polar surface area (TPSA) is 115 Å². The summed E-state index contributed by atoms with van der Waals surface area (Å²) in [5, 5.41) is 12.5. The molecule has 1 saturated heterocycles. The number of anilines is 5. The Morgan fingerprint density at radius 3 is 2.53 bits per heavy atom. The number of aromatic nitrogens is 6. The first-order valence-corrected chi connectivity index (χ1v) is 16.9. The first-order valence-electron chi connectivity index (χ1n) is 13.8. The highest BCUT2D eigenvalue weighted by Crippen LogP contribution is 2.44. The molecule has 1 aliphatic heterocycles. The normalized spacial score (nSPS) is 13.5. The van der Waals surface area contributed by atoms with E-state index in [1.807, 2.05) is 36.3 Å². The second-order valence-electron chi connectivity index (χ2n) is 10.4. The monoisotopic (exact) mass is 661 g/mol. The summed E-state index contributed by atoms with van der Waals surface area (Å²) in [6.45, 7) is 9.47. The molecule has 0 saturated carbocycles. The number of hydrogen-bond acceptors (Lipinski definition) is 10. The van der Waals surface area contributed by atoms with Crippen LogP contribution >= 0.6 is 23.9 Å². The van der Waals surface area contributed by atoms with Gasteiger partial charge in [-0.2, -0.15) is 10.1 Å². The van der Waals surface area contributed by atoms with E-state index >= 15 is 0 Å². The van der Waals surface area contributed by atoms with Crippen molar-refractivity contribution >= 4 is 69.0 Å². The zero-order valence-corrected chi connectivity index (χ0v) is 27.2. The third-order valence-corrected chi connectivity index (χ3v) is 9.26. The van der Waals surface area contributed by atoms with Gasteiger partial charge in [0.2, 0.25) is 5.95 Å². The molecular formula is C30H33BrN9O2P. The molecule has 222 valence electrons. The number of fused-ring (bicyclic) bond motifs is 1. The van der Waals surface area contributed by atoms with Crippen molar-refractivity contribution in [2.45, 2.75) is 6.92 Å². The lowest BCUT2D eigenvalue weighted by Gasteiger charge is -2.33. The number of methoxy groups -OCH3 is 1. The maximum Gasteiger partial charge on any atom is 0.229 e. The molecule has 1 aliphatic rings. The second-order valence-corrected chi connectivity index (χ2v) is 13.5. The van der Waals surface area contributed by atoms with Gasteiger partial charge in [-0.1, -0.05) is 7.92 Å². The molecule has 4 heterocycles. The van der Waals surface area contributed by atoms with E-state index in [0.717, 1.165) is 73.4 Å². The zero-order chi connectivity index (χ0) is 30.1. The molecule has 0 spiro atoms. The fourth-order valence-electron chi connectivity index (χ4n) is 5.46. The van der Waals surface area contributed by atoms with Crippen LogP contribution in [0.5, 0.6) is 5.75 Å². The lowest BCUT2D eigenvalue weighted by atomic mass is 9.99. The van der Waals surface area contributed by atoms with E-state index in [4.69, 9.17) is 14.5 Å². The van der Waals surface area contributed by atoms with Crippen LogP contribution in [0.1, 0.15) is 5.56 Å². The third-order valence-electron chi connectivity index (χ3n) is 7.34. The van der Waals surface area contributed by atoms with Gasteiger partial charge in [-0.3, -0.25) is 14.6 Å². The number of benzene rings is 2. The van der Waals surface area contributed by atoms with E-state index in [1.54, 1.807) is 25.7 Å². The van der Waals surface area contributed by atoms with E-state index in [9.17, 15) is 0 Å². The number of halogens is 1. The average Bonchev–Trinajstić information content (AvgIpc) is 3.44. The van der Waals surface area contributed by atoms with Crippen LogP contribution in [0.3, 0.4) is 0 Å². The van der Waals surface area contributed by atoms with E-state index in [-0.39, 0.29) is 0 Å². The molecule has 2 N–H and O–H groups in total. The number of hydrogen-bond donors (Lipinski definition) is 2. The van der Waals surface area contributed by atoms with Gasteiger partial charge in [0, 0.05) is 72.6 Å². The summed E-state index contributed by atoms with van der Waals surface area (Å²) in [4.78, 5) is 20.9. The predicted molar refractivity (Wildman–Crippen MR) is 177 cm³/mol. The van der Waals surface area contributed by atoms with Crippen LogP contribution in [0.4, 0.5) is 28.8 Å². The SMILES string of the molecule is COc1c(Nc2ncc(Br)c(Nc3ccc4nccnc4c3P(C)C)n2)cc(-c2cnn(C)c2)c(N2CCOCC2)c1C. The number of morpholine rings is 1. The van der Waals surface area contributed by atoms with Crippen LogP contribution in [0.15, 0.2) is 53.7 Å². The minimum Gasteiger partial charge on any atom is -0.494 e. The van der Waals surface area contributed by atoms with Crippen molar-refractivity contribution in [3.8, 4) is 16.9 Å². The fourth-order valence-corrected chi connectivity index (χ4v) is 6.96. The lowest BCUT2D eigenvalue weighted by Crippen LogP contribution is -2.37. The van der Waals surface area contributed by atoms with Gasteiger partial charge in [0.15, 0.2) is 0 Å². The van der Waals surface area contributed by atoms with Gasteiger partial charge in [-0.15, -0.1) is 0 Å². The Morgan fingerprint density at radius 1 is 1.02 bits per heavy atom. The molecule has 2 aromatic carbocycles. The lowest BCUT2D eigenvalue weighted by molar-refractivity contribution is 0.122. The van der Waals surface area contributed by atoms with Crippen LogP contribution in [-0.2, 0) is 11.8 Å². The van der Waals surface area contributed by atoms with Gasteiger partial charge in [0.25, 0.3) is 0 Å². The summed E-state index contributed by atoms with van der Waals surface area (Å²) < 4.78 is 14.2. The minimum atomic E-state index is -0.487. The first kappa shape index (κ1) is 29.2. The van der Waals surface area contributed by atoms with Gasteiger partial charge < -0.3 is 25.0 Å². The summed E-state index contributed by atoms with van der Waals surface area (Å²) in [6, 6.07) is 6.10. The third kappa shape index (κ3) is 5.87. The standard InChI is InChI=1S/C30H33BrN9O2P/c1-18-26(40-10-12-42-13-11-40)20(19-15-35-39(2)17-19)14-24(27(18)41-3)37-30-34-16-21(31)29(38-30)36-23-7-6-22-25(28(23)43(4)5)33-9-8-32-22/h6-9,14-17H,10-13H2,1-5H3,(H2,34,36,37,38). The first-order chi connectivity index (χ1) is 20.8. The van der Waals surface area contributed by atoms with Crippen molar-refractivity contribution in [3.05, 3.63) is 59.2 Å². The van der Waals surface area contributed by atoms with Gasteiger partial charge in [0.05, 0.1) is 53.4 Å². The predicted octanol–water partition coefficient (Wildman–Crippen LogP) is 5.59. The van der Waals surface area contributed by atoms with Gasteiger partial charge in [-0.05, 0) is 54.4 Å². The van der Waals surface area contributed by atoms with E-state index < -0.39 is 7.92 Å². The smallest absolute Gasteiger partial charge is 0.229 e. The molecular weight excluding hydrogens is 629 g/mol. The highest BCUT2D eigenvalue weighted by molar-refractivity contribution is 9.10. The average molecular weight is 663 g/mol. The summed E-state index contributed by atoms with van der Waals surface area (Å²) >= 11 is 3.63. The second kappa shape index (κ2) is 12.4. The summed E-state index contributed by atoms with van der Waals surface area (Å²) in [5.41, 5.74) is 7.66. The maximum absolute atomic E-state index is 5.98. The summed E-state index contributed by atoms with van der Waals surface area (Å²) in [6.07, 6.45) is 9.09. The molecule has 0 amide bonds. The van der Waals surface area contributed by atoms with Crippen LogP contribution in [-0.4, -0.2) is 76.5 Å². The Labute approximate surface area is 260 Å². The summed E-state index contributed by atoms with van der Waals surface area (Å²) in [7, 11) is 3.12. The zero-order valence-electron chi connectivity index (χ0n) is 24.7. The molecule has 0 atom stereocenters.